The third kappa shape index (κ3) is 3.06. The molecule has 0 aliphatic heterocycles. The predicted molar refractivity (Wildman–Crippen MR) is 71.4 cm³/mol. The van der Waals surface area contributed by atoms with Gasteiger partial charge in [0.05, 0.1) is 0 Å². The van der Waals surface area contributed by atoms with E-state index < -0.39 is 0 Å². The number of allylic oxidation sites excluding steroid dienone is 2. The Morgan fingerprint density at radius 1 is 1.12 bits per heavy atom. The van der Waals surface area contributed by atoms with Crippen LogP contribution < -0.4 is 0 Å². The lowest BCUT2D eigenvalue weighted by molar-refractivity contribution is 0.104. The number of ketones is 1. The van der Waals surface area contributed by atoms with Crippen LogP contribution >= 0.6 is 0 Å². The van der Waals surface area contributed by atoms with Gasteiger partial charge < -0.3 is 0 Å². The summed E-state index contributed by atoms with van der Waals surface area (Å²) in [6, 6.07) is 6.08. The summed E-state index contributed by atoms with van der Waals surface area (Å²) < 4.78 is 0. The lowest BCUT2D eigenvalue weighted by Gasteiger charge is -2.13. The van der Waals surface area contributed by atoms with Crippen molar-refractivity contribution in [1.82, 2.24) is 0 Å². The van der Waals surface area contributed by atoms with Crippen molar-refractivity contribution in [3.63, 3.8) is 0 Å². The van der Waals surface area contributed by atoms with E-state index in [0.29, 0.717) is 0 Å². The average molecular weight is 228 g/mol. The van der Waals surface area contributed by atoms with Gasteiger partial charge in [-0.2, -0.15) is 0 Å². The van der Waals surface area contributed by atoms with Gasteiger partial charge in [-0.3, -0.25) is 4.79 Å². The van der Waals surface area contributed by atoms with E-state index in [1.807, 2.05) is 32.1 Å². The zero-order chi connectivity index (χ0) is 12.3. The van der Waals surface area contributed by atoms with E-state index in [0.717, 1.165) is 29.5 Å². The van der Waals surface area contributed by atoms with Crippen LogP contribution in [0.25, 0.3) is 0 Å². The van der Waals surface area contributed by atoms with Crippen molar-refractivity contribution in [3.8, 4) is 0 Å². The summed E-state index contributed by atoms with van der Waals surface area (Å²) in [6.07, 6.45) is 7.89. The van der Waals surface area contributed by atoms with Crippen LogP contribution in [0.15, 0.2) is 29.8 Å². The van der Waals surface area contributed by atoms with Crippen LogP contribution in [0.2, 0.25) is 0 Å². The first-order valence-electron chi connectivity index (χ1n) is 6.48. The molecule has 0 unspecified atom stereocenters. The standard InChI is InChI=1S/C16H20O/c1-12-8-9-13(2)15(10-12)16(17)11-14-6-4-3-5-7-14/h8-11H,3-7H2,1-2H3. The molecule has 0 aromatic heterocycles. The van der Waals surface area contributed by atoms with Gasteiger partial charge in [0, 0.05) is 5.56 Å². The molecule has 0 atom stereocenters. The zero-order valence-electron chi connectivity index (χ0n) is 10.8. The second-order valence-electron chi connectivity index (χ2n) is 5.05. The monoisotopic (exact) mass is 228 g/mol. The van der Waals surface area contributed by atoms with Crippen molar-refractivity contribution in [3.05, 3.63) is 46.5 Å². The Kier molecular flexibility index (Phi) is 3.78. The maximum atomic E-state index is 12.2. The molecule has 17 heavy (non-hydrogen) atoms. The largest absolute Gasteiger partial charge is 0.289 e. The van der Waals surface area contributed by atoms with Crippen LogP contribution in [0.5, 0.6) is 0 Å². The molecule has 0 bridgehead atoms. The lowest BCUT2D eigenvalue weighted by Crippen LogP contribution is -2.02. The average Bonchev–Trinajstić information content (AvgIpc) is 2.33. The molecule has 0 N–H and O–H groups in total. The number of hydrogen-bond acceptors (Lipinski definition) is 1. The van der Waals surface area contributed by atoms with Crippen molar-refractivity contribution in [2.75, 3.05) is 0 Å². The Balaban J connectivity index is 2.21. The zero-order valence-corrected chi connectivity index (χ0v) is 10.8. The van der Waals surface area contributed by atoms with Gasteiger partial charge in [0.15, 0.2) is 5.78 Å². The van der Waals surface area contributed by atoms with Gasteiger partial charge in [0.1, 0.15) is 0 Å². The maximum absolute atomic E-state index is 12.2. The minimum atomic E-state index is 0.183. The number of rotatable bonds is 2. The van der Waals surface area contributed by atoms with E-state index in [9.17, 15) is 4.79 Å². The highest BCUT2D eigenvalue weighted by molar-refractivity contribution is 6.06. The molecule has 0 amide bonds. The topological polar surface area (TPSA) is 17.1 Å². The van der Waals surface area contributed by atoms with E-state index >= 15 is 0 Å². The van der Waals surface area contributed by atoms with Gasteiger partial charge in [0.2, 0.25) is 0 Å². The number of carbonyl (C=O) groups is 1. The summed E-state index contributed by atoms with van der Waals surface area (Å²) >= 11 is 0. The molecule has 0 saturated heterocycles. The van der Waals surface area contributed by atoms with Crippen molar-refractivity contribution in [1.29, 1.82) is 0 Å². The van der Waals surface area contributed by atoms with Gasteiger partial charge in [-0.1, -0.05) is 29.7 Å². The molecular weight excluding hydrogens is 208 g/mol. The Bertz CT molecular complexity index is 447. The summed E-state index contributed by atoms with van der Waals surface area (Å²) in [5, 5.41) is 0. The van der Waals surface area contributed by atoms with Crippen LogP contribution in [-0.2, 0) is 0 Å². The first kappa shape index (κ1) is 12.1. The number of hydrogen-bond donors (Lipinski definition) is 0. The summed E-state index contributed by atoms with van der Waals surface area (Å²) in [6.45, 7) is 4.04. The summed E-state index contributed by atoms with van der Waals surface area (Å²) in [5.74, 6) is 0.183. The van der Waals surface area contributed by atoms with Gasteiger partial charge in [-0.25, -0.2) is 0 Å². The highest BCUT2D eigenvalue weighted by Gasteiger charge is 2.10. The lowest BCUT2D eigenvalue weighted by atomic mass is 9.92. The van der Waals surface area contributed by atoms with Crippen LogP contribution in [0.1, 0.15) is 53.6 Å². The molecule has 1 fully saturated rings. The summed E-state index contributed by atoms with van der Waals surface area (Å²) in [5.41, 5.74) is 4.43. The molecular formula is C16H20O. The van der Waals surface area contributed by atoms with Crippen LogP contribution in [0.4, 0.5) is 0 Å². The minimum absolute atomic E-state index is 0.183. The SMILES string of the molecule is Cc1ccc(C)c(C(=O)C=C2CCCCC2)c1. The van der Waals surface area contributed by atoms with Crippen LogP contribution in [0.3, 0.4) is 0 Å². The smallest absolute Gasteiger partial charge is 0.186 e. The molecule has 90 valence electrons. The fourth-order valence-electron chi connectivity index (χ4n) is 2.41. The van der Waals surface area contributed by atoms with Crippen molar-refractivity contribution in [2.45, 2.75) is 46.0 Å². The van der Waals surface area contributed by atoms with Crippen LogP contribution in [0, 0.1) is 13.8 Å². The highest BCUT2D eigenvalue weighted by atomic mass is 16.1. The number of aryl methyl sites for hydroxylation is 2. The van der Waals surface area contributed by atoms with Crippen molar-refractivity contribution in [2.24, 2.45) is 0 Å². The van der Waals surface area contributed by atoms with Gasteiger partial charge in [0.25, 0.3) is 0 Å². The second kappa shape index (κ2) is 5.31. The van der Waals surface area contributed by atoms with Crippen molar-refractivity contribution >= 4 is 5.78 Å². The van der Waals surface area contributed by atoms with E-state index in [-0.39, 0.29) is 5.78 Å². The molecule has 1 aromatic rings. The highest BCUT2D eigenvalue weighted by Crippen LogP contribution is 2.23. The normalized spacial score (nSPS) is 15.8. The summed E-state index contributed by atoms with van der Waals surface area (Å²) in [4.78, 5) is 12.2. The third-order valence-corrected chi connectivity index (χ3v) is 3.49. The first-order valence-corrected chi connectivity index (χ1v) is 6.48. The fourth-order valence-corrected chi connectivity index (χ4v) is 2.41. The first-order chi connectivity index (χ1) is 8.16. The molecule has 1 nitrogen and oxygen atoms in total. The van der Waals surface area contributed by atoms with E-state index in [1.165, 1.54) is 24.8 Å². The van der Waals surface area contributed by atoms with Gasteiger partial charge >= 0.3 is 0 Å². The Morgan fingerprint density at radius 3 is 2.53 bits per heavy atom. The molecule has 2 rings (SSSR count). The van der Waals surface area contributed by atoms with Gasteiger partial charge in [-0.05, 0) is 57.2 Å². The van der Waals surface area contributed by atoms with Gasteiger partial charge in [-0.15, -0.1) is 0 Å². The Hall–Kier alpha value is -1.37. The molecule has 1 aliphatic rings. The molecule has 0 heterocycles. The molecule has 0 radical (unpaired) electrons. The van der Waals surface area contributed by atoms with Crippen LogP contribution in [-0.4, -0.2) is 5.78 Å². The van der Waals surface area contributed by atoms with E-state index in [1.54, 1.807) is 0 Å². The fraction of sp³-hybridized carbons (Fsp3) is 0.438. The number of carbonyl (C=O) groups excluding carboxylic acids is 1. The molecule has 1 aromatic carbocycles. The third-order valence-electron chi connectivity index (χ3n) is 3.49. The quantitative estimate of drug-likeness (QED) is 0.542. The maximum Gasteiger partial charge on any atom is 0.186 e. The number of benzene rings is 1. The molecule has 1 aliphatic carbocycles. The molecule has 1 saturated carbocycles. The Morgan fingerprint density at radius 2 is 1.82 bits per heavy atom. The minimum Gasteiger partial charge on any atom is -0.289 e. The van der Waals surface area contributed by atoms with Crippen molar-refractivity contribution < 1.29 is 4.79 Å². The molecule has 0 spiro atoms. The van der Waals surface area contributed by atoms with E-state index in [4.69, 9.17) is 0 Å². The van der Waals surface area contributed by atoms with E-state index in [2.05, 4.69) is 6.07 Å². The molecule has 1 heteroatoms. The summed E-state index contributed by atoms with van der Waals surface area (Å²) in [7, 11) is 0. The second-order valence-corrected chi connectivity index (χ2v) is 5.05. The predicted octanol–water partition coefficient (Wildman–Crippen LogP) is 4.38. The Labute approximate surface area is 104 Å².